The van der Waals surface area contributed by atoms with Crippen molar-refractivity contribution in [1.29, 1.82) is 0 Å². The van der Waals surface area contributed by atoms with Crippen LogP contribution in [0.15, 0.2) is 47.8 Å². The minimum absolute atomic E-state index is 0.151. The van der Waals surface area contributed by atoms with E-state index >= 15 is 0 Å². The summed E-state index contributed by atoms with van der Waals surface area (Å²) >= 11 is 0. The highest BCUT2D eigenvalue weighted by Gasteiger charge is 2.16. The number of rotatable bonds is 4. The smallest absolute Gasteiger partial charge is 0.209 e. The van der Waals surface area contributed by atoms with E-state index in [0.717, 1.165) is 11.3 Å². The molecule has 0 aliphatic rings. The molecule has 2 aromatic heterocycles. The number of nitroso groups, excluding NO2 is 1. The van der Waals surface area contributed by atoms with E-state index in [2.05, 4.69) is 10.2 Å². The fourth-order valence-electron chi connectivity index (χ4n) is 2.26. The molecule has 6 heteroatoms. The van der Waals surface area contributed by atoms with Gasteiger partial charge in [0, 0.05) is 17.3 Å². The van der Waals surface area contributed by atoms with Gasteiger partial charge in [0.05, 0.1) is 13.7 Å². The average Bonchev–Trinajstić information content (AvgIpc) is 2.93. The van der Waals surface area contributed by atoms with Gasteiger partial charge in [0.2, 0.25) is 5.82 Å². The quantitative estimate of drug-likeness (QED) is 0.747. The summed E-state index contributed by atoms with van der Waals surface area (Å²) in [5.41, 5.74) is 2.41. The van der Waals surface area contributed by atoms with Crippen LogP contribution >= 0.6 is 0 Å². The molecule has 3 rings (SSSR count). The lowest BCUT2D eigenvalue weighted by Gasteiger charge is -2.01. The maximum Gasteiger partial charge on any atom is 0.209 e. The molecule has 106 valence electrons. The van der Waals surface area contributed by atoms with Gasteiger partial charge < -0.3 is 9.84 Å². The maximum atomic E-state index is 11.2. The van der Waals surface area contributed by atoms with Crippen molar-refractivity contribution in [2.45, 2.75) is 6.61 Å². The van der Waals surface area contributed by atoms with Crippen LogP contribution in [0.1, 0.15) is 5.56 Å². The Labute approximate surface area is 120 Å². The number of aliphatic hydroxyl groups is 1. The Morgan fingerprint density at radius 1 is 1.29 bits per heavy atom. The molecule has 3 aromatic rings. The Hall–Kier alpha value is -2.73. The lowest BCUT2D eigenvalue weighted by molar-refractivity contribution is 0.282. The molecule has 0 amide bonds. The zero-order chi connectivity index (χ0) is 14.8. The van der Waals surface area contributed by atoms with Crippen molar-refractivity contribution < 1.29 is 9.84 Å². The topological polar surface area (TPSA) is 76.2 Å². The maximum absolute atomic E-state index is 11.2. The number of ether oxygens (including phenoxy) is 1. The number of methoxy groups -OCH3 is 1. The number of nitrogens with zero attached hydrogens (tertiary/aromatic N) is 3. The first kappa shape index (κ1) is 13.3. The first-order valence-electron chi connectivity index (χ1n) is 6.37. The van der Waals surface area contributed by atoms with Crippen molar-refractivity contribution in [2.24, 2.45) is 5.18 Å². The predicted octanol–water partition coefficient (Wildman–Crippen LogP) is 2.90. The van der Waals surface area contributed by atoms with Crippen LogP contribution in [0.25, 0.3) is 16.9 Å². The zero-order valence-corrected chi connectivity index (χ0v) is 11.4. The number of fused-ring (bicyclic) bond motifs is 1. The van der Waals surface area contributed by atoms with Gasteiger partial charge in [-0.1, -0.05) is 6.07 Å². The van der Waals surface area contributed by atoms with Gasteiger partial charge in [-0.25, -0.2) is 4.98 Å². The van der Waals surface area contributed by atoms with Crippen LogP contribution in [0.3, 0.4) is 0 Å². The zero-order valence-electron chi connectivity index (χ0n) is 11.4. The van der Waals surface area contributed by atoms with E-state index in [1.165, 1.54) is 0 Å². The Kier molecular flexibility index (Phi) is 3.37. The highest BCUT2D eigenvalue weighted by Crippen LogP contribution is 2.32. The van der Waals surface area contributed by atoms with Gasteiger partial charge in [-0.15, -0.1) is 4.91 Å². The second kappa shape index (κ2) is 5.34. The Morgan fingerprint density at radius 3 is 2.67 bits per heavy atom. The molecule has 2 heterocycles. The molecule has 0 spiro atoms. The minimum Gasteiger partial charge on any atom is -0.497 e. The summed E-state index contributed by atoms with van der Waals surface area (Å²) in [5, 5.41) is 12.5. The summed E-state index contributed by atoms with van der Waals surface area (Å²) in [6.07, 6.45) is 1.70. The number of hydrogen-bond donors (Lipinski definition) is 1. The van der Waals surface area contributed by atoms with Gasteiger partial charge in [0.15, 0.2) is 0 Å². The van der Waals surface area contributed by atoms with Crippen molar-refractivity contribution in [3.63, 3.8) is 0 Å². The highest BCUT2D eigenvalue weighted by molar-refractivity contribution is 5.75. The fraction of sp³-hybridized carbons (Fsp3) is 0.133. The molecule has 0 unspecified atom stereocenters. The molecule has 1 N–H and O–H groups in total. The Balaban J connectivity index is 2.23. The van der Waals surface area contributed by atoms with Crippen molar-refractivity contribution in [1.82, 2.24) is 9.38 Å². The van der Waals surface area contributed by atoms with Gasteiger partial charge in [-0.3, -0.25) is 4.40 Å². The molecule has 6 nitrogen and oxygen atoms in total. The fourth-order valence-corrected chi connectivity index (χ4v) is 2.26. The molecule has 0 aliphatic carbocycles. The summed E-state index contributed by atoms with van der Waals surface area (Å²) in [6, 6.07) is 10.7. The van der Waals surface area contributed by atoms with Crippen LogP contribution in [-0.2, 0) is 6.61 Å². The monoisotopic (exact) mass is 283 g/mol. The molecule has 1 aromatic carbocycles. The van der Waals surface area contributed by atoms with Crippen LogP contribution < -0.4 is 4.74 Å². The Morgan fingerprint density at radius 2 is 2.05 bits per heavy atom. The summed E-state index contributed by atoms with van der Waals surface area (Å²) in [4.78, 5) is 15.6. The average molecular weight is 283 g/mol. The minimum atomic E-state index is -0.151. The third-order valence-electron chi connectivity index (χ3n) is 3.33. The molecule has 0 radical (unpaired) electrons. The first-order valence-corrected chi connectivity index (χ1v) is 6.37. The van der Waals surface area contributed by atoms with Gasteiger partial charge in [0.1, 0.15) is 17.1 Å². The number of imidazole rings is 1. The standard InChI is InChI=1S/C15H13N3O3/c1-21-12-6-4-10(5-7-12)13-15(17-20)18-8-2-3-11(9-19)14(18)16-13/h2-8,19H,9H2,1H3. The number of aliphatic hydroxyl groups excluding tert-OH is 1. The molecule has 0 fully saturated rings. The second-order valence-electron chi connectivity index (χ2n) is 4.49. The van der Waals surface area contributed by atoms with Crippen molar-refractivity contribution in [3.05, 3.63) is 53.1 Å². The van der Waals surface area contributed by atoms with Crippen molar-refractivity contribution in [3.8, 4) is 17.0 Å². The summed E-state index contributed by atoms with van der Waals surface area (Å²) < 4.78 is 6.69. The number of benzene rings is 1. The van der Waals surface area contributed by atoms with E-state index < -0.39 is 0 Å². The number of hydrogen-bond acceptors (Lipinski definition) is 5. The number of aromatic nitrogens is 2. The third-order valence-corrected chi connectivity index (χ3v) is 3.33. The lowest BCUT2D eigenvalue weighted by Crippen LogP contribution is -1.90. The van der Waals surface area contributed by atoms with Crippen LogP contribution in [0.2, 0.25) is 0 Å². The molecule has 21 heavy (non-hydrogen) atoms. The van der Waals surface area contributed by atoms with E-state index in [4.69, 9.17) is 4.74 Å². The highest BCUT2D eigenvalue weighted by atomic mass is 16.5. The second-order valence-corrected chi connectivity index (χ2v) is 4.49. The summed E-state index contributed by atoms with van der Waals surface area (Å²) in [7, 11) is 1.59. The van der Waals surface area contributed by atoms with Crippen molar-refractivity contribution in [2.75, 3.05) is 7.11 Å². The van der Waals surface area contributed by atoms with Gasteiger partial charge >= 0.3 is 0 Å². The lowest BCUT2D eigenvalue weighted by atomic mass is 10.1. The van der Waals surface area contributed by atoms with Gasteiger partial charge in [0.25, 0.3) is 0 Å². The molecular weight excluding hydrogens is 270 g/mol. The summed E-state index contributed by atoms with van der Waals surface area (Å²) in [6.45, 7) is -0.151. The molecule has 0 atom stereocenters. The molecule has 0 saturated heterocycles. The van der Waals surface area contributed by atoms with Gasteiger partial charge in [-0.2, -0.15) is 0 Å². The van der Waals surface area contributed by atoms with E-state index in [9.17, 15) is 10.0 Å². The predicted molar refractivity (Wildman–Crippen MR) is 78.6 cm³/mol. The van der Waals surface area contributed by atoms with Crippen LogP contribution in [0.4, 0.5) is 5.82 Å². The largest absolute Gasteiger partial charge is 0.497 e. The molecule has 0 saturated carbocycles. The first-order chi connectivity index (χ1) is 10.3. The van der Waals surface area contributed by atoms with Crippen LogP contribution in [0.5, 0.6) is 5.75 Å². The van der Waals surface area contributed by atoms with Crippen molar-refractivity contribution >= 4 is 11.5 Å². The van der Waals surface area contributed by atoms with E-state index in [1.807, 2.05) is 12.1 Å². The molecule has 0 bridgehead atoms. The van der Waals surface area contributed by atoms with E-state index in [-0.39, 0.29) is 12.4 Å². The van der Waals surface area contributed by atoms with Crippen LogP contribution in [0, 0.1) is 4.91 Å². The normalized spacial score (nSPS) is 10.8. The van der Waals surface area contributed by atoms with E-state index in [1.54, 1.807) is 42.0 Å². The molecular formula is C15H13N3O3. The van der Waals surface area contributed by atoms with E-state index in [0.29, 0.717) is 16.9 Å². The SMILES string of the molecule is COc1ccc(-c2nc3c(CO)cccn3c2N=O)cc1. The van der Waals surface area contributed by atoms with Crippen LogP contribution in [-0.4, -0.2) is 21.6 Å². The Bertz CT molecular complexity index is 794. The molecule has 0 aliphatic heterocycles. The third kappa shape index (κ3) is 2.15. The number of pyridine rings is 1. The summed E-state index contributed by atoms with van der Waals surface area (Å²) in [5.74, 6) is 0.935. The van der Waals surface area contributed by atoms with Gasteiger partial charge in [-0.05, 0) is 35.5 Å².